The number of sulfonamides is 1. The van der Waals surface area contributed by atoms with E-state index in [2.05, 4.69) is 4.72 Å². The topological polar surface area (TPSA) is 107 Å². The Morgan fingerprint density at radius 3 is 2.65 bits per heavy atom. The zero-order chi connectivity index (χ0) is 15.3. The van der Waals surface area contributed by atoms with Gasteiger partial charge in [0.05, 0.1) is 16.7 Å². The fourth-order valence-corrected chi connectivity index (χ4v) is 3.33. The number of halogens is 1. The Morgan fingerprint density at radius 2 is 2.20 bits per heavy atom. The third-order valence-electron chi connectivity index (χ3n) is 2.52. The van der Waals surface area contributed by atoms with Gasteiger partial charge in [-0.25, -0.2) is 8.42 Å². The van der Waals surface area contributed by atoms with E-state index in [1.54, 1.807) is 6.92 Å². The lowest BCUT2D eigenvalue weighted by Gasteiger charge is -2.14. The number of carbonyl (C=O) groups is 1. The van der Waals surface area contributed by atoms with E-state index in [0.29, 0.717) is 6.42 Å². The van der Waals surface area contributed by atoms with E-state index in [-0.39, 0.29) is 21.9 Å². The highest BCUT2D eigenvalue weighted by atomic mass is 35.5. The molecule has 6 nitrogen and oxygen atoms in total. The minimum absolute atomic E-state index is 0.128. The standard InChI is InChI=1S/C12H13ClN2O4S/c1-2-3-10(12(16)17)15-20(18,19)11-5-4-8(7-14)6-9(11)13/h4-6,10,15H,2-3H2,1H3,(H,16,17)/t10-/m0/s1. The number of nitriles is 1. The van der Waals surface area contributed by atoms with Gasteiger partial charge in [0.1, 0.15) is 10.9 Å². The Hall–Kier alpha value is -1.62. The number of carboxylic acid groups (broad SMARTS) is 1. The van der Waals surface area contributed by atoms with Crippen molar-refractivity contribution >= 4 is 27.6 Å². The number of carboxylic acids is 1. The van der Waals surface area contributed by atoms with Crippen LogP contribution in [-0.2, 0) is 14.8 Å². The van der Waals surface area contributed by atoms with Gasteiger partial charge in [0.25, 0.3) is 0 Å². The van der Waals surface area contributed by atoms with E-state index in [1.807, 2.05) is 6.07 Å². The van der Waals surface area contributed by atoms with E-state index in [9.17, 15) is 13.2 Å². The SMILES string of the molecule is CCC[C@H](NS(=O)(=O)c1ccc(C#N)cc1Cl)C(=O)O. The van der Waals surface area contributed by atoms with E-state index in [1.165, 1.54) is 18.2 Å². The molecule has 0 radical (unpaired) electrons. The lowest BCUT2D eigenvalue weighted by molar-refractivity contribution is -0.139. The molecule has 0 amide bonds. The van der Waals surface area contributed by atoms with Gasteiger partial charge in [-0.1, -0.05) is 24.9 Å². The molecule has 0 aromatic heterocycles. The van der Waals surface area contributed by atoms with Crippen molar-refractivity contribution in [1.29, 1.82) is 5.26 Å². The van der Waals surface area contributed by atoms with E-state index >= 15 is 0 Å². The van der Waals surface area contributed by atoms with Gasteiger partial charge >= 0.3 is 5.97 Å². The maximum Gasteiger partial charge on any atom is 0.321 e. The summed E-state index contributed by atoms with van der Waals surface area (Å²) in [4.78, 5) is 10.7. The summed E-state index contributed by atoms with van der Waals surface area (Å²) in [6, 6.07) is 4.31. The number of nitrogens with zero attached hydrogens (tertiary/aromatic N) is 1. The Morgan fingerprint density at radius 1 is 1.55 bits per heavy atom. The number of hydrogen-bond donors (Lipinski definition) is 2. The van der Waals surface area contributed by atoms with Crippen LogP contribution in [0.3, 0.4) is 0 Å². The van der Waals surface area contributed by atoms with Crippen LogP contribution in [-0.4, -0.2) is 25.5 Å². The molecule has 0 fully saturated rings. The minimum Gasteiger partial charge on any atom is -0.480 e. The first-order valence-electron chi connectivity index (χ1n) is 5.76. The first-order valence-corrected chi connectivity index (χ1v) is 7.62. The molecular formula is C12H13ClN2O4S. The van der Waals surface area contributed by atoms with Crippen molar-refractivity contribution in [3.63, 3.8) is 0 Å². The first kappa shape index (κ1) is 16.4. The molecule has 0 aliphatic carbocycles. The van der Waals surface area contributed by atoms with Gasteiger partial charge in [-0.2, -0.15) is 9.98 Å². The summed E-state index contributed by atoms with van der Waals surface area (Å²) in [7, 11) is -4.05. The van der Waals surface area contributed by atoms with Crippen molar-refractivity contribution in [3.8, 4) is 6.07 Å². The average molecular weight is 317 g/mol. The Labute approximate surface area is 122 Å². The molecule has 0 saturated heterocycles. The Balaban J connectivity index is 3.11. The van der Waals surface area contributed by atoms with Crippen molar-refractivity contribution in [2.75, 3.05) is 0 Å². The van der Waals surface area contributed by atoms with Crippen LogP contribution in [0.25, 0.3) is 0 Å². The molecule has 0 spiro atoms. The maximum absolute atomic E-state index is 12.1. The van der Waals surface area contributed by atoms with Crippen molar-refractivity contribution in [3.05, 3.63) is 28.8 Å². The molecule has 0 saturated carbocycles. The average Bonchev–Trinajstić information content (AvgIpc) is 2.37. The Kier molecular flexibility index (Phi) is 5.51. The third-order valence-corrected chi connectivity index (χ3v) is 4.48. The largest absolute Gasteiger partial charge is 0.480 e. The molecule has 1 atom stereocenters. The highest BCUT2D eigenvalue weighted by Gasteiger charge is 2.26. The number of nitrogens with one attached hydrogen (secondary N) is 1. The summed E-state index contributed by atoms with van der Waals surface area (Å²) in [6.07, 6.45) is 0.684. The van der Waals surface area contributed by atoms with Crippen LogP contribution in [0.4, 0.5) is 0 Å². The van der Waals surface area contributed by atoms with Crippen LogP contribution in [0.5, 0.6) is 0 Å². The van der Waals surface area contributed by atoms with Crippen LogP contribution in [0.15, 0.2) is 23.1 Å². The highest BCUT2D eigenvalue weighted by Crippen LogP contribution is 2.22. The van der Waals surface area contributed by atoms with Gasteiger partial charge in [-0.3, -0.25) is 4.79 Å². The summed E-state index contributed by atoms with van der Waals surface area (Å²) in [5.74, 6) is -1.25. The molecule has 0 bridgehead atoms. The van der Waals surface area contributed by atoms with Gasteiger partial charge in [0, 0.05) is 0 Å². The minimum atomic E-state index is -4.05. The summed E-state index contributed by atoms with van der Waals surface area (Å²) in [5, 5.41) is 17.5. The number of rotatable bonds is 6. The molecule has 2 N–H and O–H groups in total. The molecule has 108 valence electrons. The van der Waals surface area contributed by atoms with Gasteiger partial charge < -0.3 is 5.11 Å². The molecule has 20 heavy (non-hydrogen) atoms. The predicted octanol–water partition coefficient (Wildman–Crippen LogP) is 1.74. The van der Waals surface area contributed by atoms with Crippen LogP contribution < -0.4 is 4.72 Å². The monoisotopic (exact) mass is 316 g/mol. The van der Waals surface area contributed by atoms with Gasteiger partial charge in [-0.05, 0) is 24.6 Å². The normalized spacial score (nSPS) is 12.7. The summed E-state index contributed by atoms with van der Waals surface area (Å²) < 4.78 is 26.3. The van der Waals surface area contributed by atoms with Crippen LogP contribution >= 0.6 is 11.6 Å². The second-order valence-electron chi connectivity index (χ2n) is 4.06. The van der Waals surface area contributed by atoms with Crippen LogP contribution in [0, 0.1) is 11.3 Å². The lowest BCUT2D eigenvalue weighted by Crippen LogP contribution is -2.40. The smallest absolute Gasteiger partial charge is 0.321 e. The van der Waals surface area contributed by atoms with Crippen molar-refractivity contribution in [2.45, 2.75) is 30.7 Å². The predicted molar refractivity (Wildman–Crippen MR) is 72.8 cm³/mol. The fraction of sp³-hybridized carbons (Fsp3) is 0.333. The second kappa shape index (κ2) is 6.70. The van der Waals surface area contributed by atoms with Crippen LogP contribution in [0.1, 0.15) is 25.3 Å². The van der Waals surface area contributed by atoms with E-state index in [0.717, 1.165) is 0 Å². The van der Waals surface area contributed by atoms with Crippen LogP contribution in [0.2, 0.25) is 5.02 Å². The number of aliphatic carboxylic acids is 1. The third kappa shape index (κ3) is 3.93. The molecule has 0 aliphatic heterocycles. The fourth-order valence-electron chi connectivity index (χ4n) is 1.56. The van der Waals surface area contributed by atoms with Gasteiger partial charge in [0.2, 0.25) is 10.0 Å². The molecule has 1 aromatic carbocycles. The Bertz CT molecular complexity index is 652. The molecule has 0 heterocycles. The number of benzene rings is 1. The molecule has 1 aromatic rings. The highest BCUT2D eigenvalue weighted by molar-refractivity contribution is 7.89. The van der Waals surface area contributed by atoms with Crippen molar-refractivity contribution in [2.24, 2.45) is 0 Å². The maximum atomic E-state index is 12.1. The molecule has 1 rings (SSSR count). The molecule has 0 unspecified atom stereocenters. The lowest BCUT2D eigenvalue weighted by atomic mass is 10.2. The van der Waals surface area contributed by atoms with Crippen molar-refractivity contribution in [1.82, 2.24) is 4.72 Å². The molecular weight excluding hydrogens is 304 g/mol. The van der Waals surface area contributed by atoms with Crippen molar-refractivity contribution < 1.29 is 18.3 Å². The summed E-state index contributed by atoms with van der Waals surface area (Å²) in [6.45, 7) is 1.75. The first-order chi connectivity index (χ1) is 9.31. The summed E-state index contributed by atoms with van der Waals surface area (Å²) >= 11 is 5.82. The van der Waals surface area contributed by atoms with E-state index < -0.39 is 22.0 Å². The zero-order valence-electron chi connectivity index (χ0n) is 10.6. The quantitative estimate of drug-likeness (QED) is 0.831. The zero-order valence-corrected chi connectivity index (χ0v) is 12.2. The molecule has 0 aliphatic rings. The van der Waals surface area contributed by atoms with Gasteiger partial charge in [0.15, 0.2) is 0 Å². The van der Waals surface area contributed by atoms with E-state index in [4.69, 9.17) is 22.0 Å². The number of hydrogen-bond acceptors (Lipinski definition) is 4. The van der Waals surface area contributed by atoms with Gasteiger partial charge in [-0.15, -0.1) is 0 Å². The molecule has 8 heteroatoms. The second-order valence-corrected chi connectivity index (χ2v) is 6.15. The summed E-state index contributed by atoms with van der Waals surface area (Å²) in [5.41, 5.74) is 0.220.